The number of ketones is 1. The predicted octanol–water partition coefficient (Wildman–Crippen LogP) is 5.74. The van der Waals surface area contributed by atoms with Crippen LogP contribution in [-0.2, 0) is 9.59 Å². The van der Waals surface area contributed by atoms with Crippen molar-refractivity contribution < 1.29 is 9.59 Å². The van der Waals surface area contributed by atoms with Gasteiger partial charge in [-0.25, -0.2) is 0 Å². The highest BCUT2D eigenvalue weighted by molar-refractivity contribution is 9.10. The number of nitrogens with zero attached hydrogens (tertiary/aromatic N) is 1. The van der Waals surface area contributed by atoms with Crippen LogP contribution in [0.3, 0.4) is 0 Å². The molecular weight excluding hydrogens is 458 g/mol. The molecule has 26 heavy (non-hydrogen) atoms. The first-order valence-corrected chi connectivity index (χ1v) is 10.2. The zero-order valence-electron chi connectivity index (χ0n) is 14.0. The van der Waals surface area contributed by atoms with Crippen LogP contribution >= 0.6 is 31.9 Å². The molecule has 0 N–H and O–H groups in total. The number of carbonyl (C=O) groups is 2. The highest BCUT2D eigenvalue weighted by Crippen LogP contribution is 2.45. The SMILES string of the molecule is O=C1CCCC2=C1C(c1ccccc1Br)CC(=O)N2c1cccc(Br)c1. The number of allylic oxidation sites excluding steroid dienone is 2. The number of benzene rings is 2. The Morgan fingerprint density at radius 1 is 0.962 bits per heavy atom. The Kier molecular flexibility index (Phi) is 4.84. The first-order chi connectivity index (χ1) is 12.6. The van der Waals surface area contributed by atoms with Gasteiger partial charge in [0.15, 0.2) is 5.78 Å². The number of amides is 1. The average molecular weight is 475 g/mol. The smallest absolute Gasteiger partial charge is 0.232 e. The van der Waals surface area contributed by atoms with Crippen LogP contribution in [0.25, 0.3) is 0 Å². The molecule has 1 heterocycles. The van der Waals surface area contributed by atoms with Gasteiger partial charge in [-0.2, -0.15) is 0 Å². The van der Waals surface area contributed by atoms with E-state index >= 15 is 0 Å². The van der Waals surface area contributed by atoms with Crippen LogP contribution in [0.15, 0.2) is 68.7 Å². The topological polar surface area (TPSA) is 37.4 Å². The molecule has 0 spiro atoms. The van der Waals surface area contributed by atoms with E-state index in [1.54, 1.807) is 4.90 Å². The summed E-state index contributed by atoms with van der Waals surface area (Å²) in [4.78, 5) is 27.7. The molecule has 4 rings (SSSR count). The minimum atomic E-state index is -0.177. The minimum absolute atomic E-state index is 0.0392. The summed E-state index contributed by atoms with van der Waals surface area (Å²) in [5.41, 5.74) is 3.51. The molecule has 0 saturated heterocycles. The third kappa shape index (κ3) is 3.08. The lowest BCUT2D eigenvalue weighted by Crippen LogP contribution is -2.40. The molecule has 2 aromatic rings. The molecule has 0 fully saturated rings. The van der Waals surface area contributed by atoms with Crippen LogP contribution in [0, 0.1) is 0 Å². The number of carbonyl (C=O) groups excluding carboxylic acids is 2. The summed E-state index contributed by atoms with van der Waals surface area (Å²) in [6, 6.07) is 15.6. The maximum Gasteiger partial charge on any atom is 0.232 e. The average Bonchev–Trinajstić information content (AvgIpc) is 2.61. The van der Waals surface area contributed by atoms with Gasteiger partial charge in [0, 0.05) is 44.7 Å². The first-order valence-electron chi connectivity index (χ1n) is 8.65. The van der Waals surface area contributed by atoms with Gasteiger partial charge in [0.05, 0.1) is 0 Å². The van der Waals surface area contributed by atoms with E-state index in [1.807, 2.05) is 48.5 Å². The minimum Gasteiger partial charge on any atom is -0.294 e. The normalized spacial score (nSPS) is 20.4. The summed E-state index contributed by atoms with van der Waals surface area (Å²) < 4.78 is 1.86. The summed E-state index contributed by atoms with van der Waals surface area (Å²) in [5.74, 6) is 0.0288. The van der Waals surface area contributed by atoms with Crippen molar-refractivity contribution in [2.24, 2.45) is 0 Å². The van der Waals surface area contributed by atoms with Crippen molar-refractivity contribution in [2.45, 2.75) is 31.6 Å². The Morgan fingerprint density at radius 2 is 1.77 bits per heavy atom. The summed E-state index contributed by atoms with van der Waals surface area (Å²) in [7, 11) is 0. The molecule has 2 aromatic carbocycles. The highest BCUT2D eigenvalue weighted by Gasteiger charge is 2.40. The van der Waals surface area contributed by atoms with Crippen molar-refractivity contribution in [3.8, 4) is 0 Å². The summed E-state index contributed by atoms with van der Waals surface area (Å²) in [6.45, 7) is 0. The molecule has 1 amide bonds. The molecule has 3 nitrogen and oxygen atoms in total. The van der Waals surface area contributed by atoms with Crippen molar-refractivity contribution >= 4 is 49.2 Å². The third-order valence-corrected chi connectivity index (χ3v) is 6.24. The maximum atomic E-state index is 13.1. The highest BCUT2D eigenvalue weighted by atomic mass is 79.9. The van der Waals surface area contributed by atoms with E-state index in [0.717, 1.165) is 44.3 Å². The number of hydrogen-bond acceptors (Lipinski definition) is 2. The molecule has 1 aliphatic heterocycles. The van der Waals surface area contributed by atoms with Gasteiger partial charge in [0.2, 0.25) is 5.91 Å². The number of Topliss-reactive ketones (excluding diaryl/α,β-unsaturated/α-hetero) is 1. The van der Waals surface area contributed by atoms with Crippen molar-refractivity contribution in [1.82, 2.24) is 0 Å². The van der Waals surface area contributed by atoms with Crippen LogP contribution in [0.1, 0.15) is 37.2 Å². The third-order valence-electron chi connectivity index (χ3n) is 5.02. The molecule has 2 aliphatic rings. The fraction of sp³-hybridized carbons (Fsp3) is 0.238. The van der Waals surface area contributed by atoms with Crippen LogP contribution in [0.5, 0.6) is 0 Å². The van der Waals surface area contributed by atoms with Crippen molar-refractivity contribution in [3.63, 3.8) is 0 Å². The standard InChI is InChI=1S/C21H17Br2NO2/c22-13-5-3-6-14(11-13)24-18-9-4-10-19(25)21(18)16(12-20(24)26)15-7-1-2-8-17(15)23/h1-3,5-8,11,16H,4,9-10,12H2. The van der Waals surface area contributed by atoms with Crippen molar-refractivity contribution in [3.05, 3.63) is 74.3 Å². The van der Waals surface area contributed by atoms with Gasteiger partial charge < -0.3 is 0 Å². The maximum absolute atomic E-state index is 13.1. The largest absolute Gasteiger partial charge is 0.294 e. The molecule has 132 valence electrons. The molecule has 5 heteroatoms. The summed E-state index contributed by atoms with van der Waals surface area (Å²) in [5, 5.41) is 0. The van der Waals surface area contributed by atoms with Crippen molar-refractivity contribution in [1.29, 1.82) is 0 Å². The Bertz CT molecular complexity index is 935. The Morgan fingerprint density at radius 3 is 2.54 bits per heavy atom. The molecule has 0 saturated carbocycles. The predicted molar refractivity (Wildman–Crippen MR) is 109 cm³/mol. The Labute approximate surface area is 169 Å². The molecule has 1 atom stereocenters. The number of halogens is 2. The van der Waals surface area contributed by atoms with E-state index in [1.165, 1.54) is 0 Å². The zero-order valence-corrected chi connectivity index (χ0v) is 17.2. The molecule has 0 radical (unpaired) electrons. The lowest BCUT2D eigenvalue weighted by molar-refractivity contribution is -0.119. The quantitative estimate of drug-likeness (QED) is 0.556. The van der Waals surface area contributed by atoms with Gasteiger partial charge in [-0.15, -0.1) is 0 Å². The van der Waals surface area contributed by atoms with Crippen molar-refractivity contribution in [2.75, 3.05) is 4.90 Å². The first kappa shape index (κ1) is 17.7. The van der Waals surface area contributed by atoms with E-state index in [4.69, 9.17) is 0 Å². The second kappa shape index (κ2) is 7.12. The lowest BCUT2D eigenvalue weighted by atomic mass is 9.77. The van der Waals surface area contributed by atoms with Crippen LogP contribution in [0.4, 0.5) is 5.69 Å². The fourth-order valence-corrected chi connectivity index (χ4v) is 4.88. The van der Waals surface area contributed by atoms with E-state index in [-0.39, 0.29) is 17.6 Å². The summed E-state index contributed by atoms with van der Waals surface area (Å²) in [6.07, 6.45) is 2.40. The number of rotatable bonds is 2. The summed E-state index contributed by atoms with van der Waals surface area (Å²) >= 11 is 7.07. The van der Waals surface area contributed by atoms with Crippen LogP contribution in [-0.4, -0.2) is 11.7 Å². The molecule has 1 unspecified atom stereocenters. The van der Waals surface area contributed by atoms with E-state index < -0.39 is 0 Å². The molecule has 0 aromatic heterocycles. The number of anilines is 1. The zero-order chi connectivity index (χ0) is 18.3. The van der Waals surface area contributed by atoms with Gasteiger partial charge in [0.25, 0.3) is 0 Å². The van der Waals surface area contributed by atoms with Gasteiger partial charge >= 0.3 is 0 Å². The van der Waals surface area contributed by atoms with Gasteiger partial charge in [0.1, 0.15) is 0 Å². The second-order valence-electron chi connectivity index (χ2n) is 6.62. The monoisotopic (exact) mass is 473 g/mol. The van der Waals surface area contributed by atoms with E-state index in [2.05, 4.69) is 31.9 Å². The van der Waals surface area contributed by atoms with Gasteiger partial charge in [-0.05, 0) is 42.7 Å². The van der Waals surface area contributed by atoms with Crippen LogP contribution < -0.4 is 4.90 Å². The van der Waals surface area contributed by atoms with E-state index in [0.29, 0.717) is 12.8 Å². The lowest BCUT2D eigenvalue weighted by Gasteiger charge is -2.38. The van der Waals surface area contributed by atoms with Crippen LogP contribution in [0.2, 0.25) is 0 Å². The Balaban J connectivity index is 1.89. The van der Waals surface area contributed by atoms with Gasteiger partial charge in [-0.3, -0.25) is 14.5 Å². The fourth-order valence-electron chi connectivity index (χ4n) is 3.93. The van der Waals surface area contributed by atoms with E-state index in [9.17, 15) is 9.59 Å². The molecule has 1 aliphatic carbocycles. The Hall–Kier alpha value is -1.72. The molecule has 0 bridgehead atoms. The molecular formula is C21H17Br2NO2. The second-order valence-corrected chi connectivity index (χ2v) is 8.39. The van der Waals surface area contributed by atoms with Gasteiger partial charge in [-0.1, -0.05) is 56.1 Å². The number of hydrogen-bond donors (Lipinski definition) is 0.